The summed E-state index contributed by atoms with van der Waals surface area (Å²) in [6.07, 6.45) is -0.480. The average Bonchev–Trinajstić information content (AvgIpc) is 2.70. The maximum absolute atomic E-state index is 6.82. The molecule has 2 aromatic carbocycles. The summed E-state index contributed by atoms with van der Waals surface area (Å²) >= 11 is 0. The highest BCUT2D eigenvalue weighted by Gasteiger charge is 2.45. The molecule has 0 unspecified atom stereocenters. The SMILES string of the molecule is C[C@@H](C#C[Si](C)(C)C)O[Si](O[C@@H](C)C#C[Si](C)(C)C)(c1ccccc1)c1ccccc1. The highest BCUT2D eigenvalue weighted by atomic mass is 28.4. The number of rotatable bonds is 6. The van der Waals surface area contributed by atoms with Gasteiger partial charge in [-0.05, 0) is 24.2 Å². The van der Waals surface area contributed by atoms with Gasteiger partial charge in [-0.15, -0.1) is 11.1 Å². The fraction of sp³-hybridized carbons (Fsp3) is 0.385. The molecule has 0 N–H and O–H groups in total. The third-order valence-corrected chi connectivity index (χ3v) is 9.64. The van der Waals surface area contributed by atoms with Crippen LogP contribution in [0.25, 0.3) is 0 Å². The van der Waals surface area contributed by atoms with E-state index in [1.54, 1.807) is 0 Å². The number of hydrogen-bond donors (Lipinski definition) is 0. The van der Waals surface area contributed by atoms with Crippen molar-refractivity contribution in [2.24, 2.45) is 0 Å². The zero-order valence-corrected chi connectivity index (χ0v) is 23.2. The Labute approximate surface area is 192 Å². The van der Waals surface area contributed by atoms with Crippen LogP contribution in [0.5, 0.6) is 0 Å². The molecule has 0 fully saturated rings. The van der Waals surface area contributed by atoms with Crippen molar-refractivity contribution in [3.63, 3.8) is 0 Å². The van der Waals surface area contributed by atoms with Crippen LogP contribution in [0.15, 0.2) is 60.7 Å². The van der Waals surface area contributed by atoms with Crippen LogP contribution < -0.4 is 10.4 Å². The van der Waals surface area contributed by atoms with E-state index in [2.05, 4.69) is 86.5 Å². The van der Waals surface area contributed by atoms with Gasteiger partial charge in [-0.1, -0.05) is 112 Å². The van der Waals surface area contributed by atoms with E-state index >= 15 is 0 Å². The molecule has 2 atom stereocenters. The van der Waals surface area contributed by atoms with Gasteiger partial charge in [0.15, 0.2) is 0 Å². The van der Waals surface area contributed by atoms with Crippen molar-refractivity contribution in [3.05, 3.63) is 60.7 Å². The third-order valence-electron chi connectivity index (χ3n) is 4.29. The molecule has 2 nitrogen and oxygen atoms in total. The van der Waals surface area contributed by atoms with E-state index in [0.29, 0.717) is 0 Å². The zero-order valence-electron chi connectivity index (χ0n) is 20.2. The molecule has 0 saturated carbocycles. The standard InChI is InChI=1S/C26H36O2Si3/c1-23(19-21-29(3,4)5)27-31(25-15-11-9-12-16-25,26-17-13-10-14-18-26)28-24(2)20-22-30(6,7)8/h9-18,23-24H,1-8H3/t23-,24-/m0/s1. The van der Waals surface area contributed by atoms with Gasteiger partial charge < -0.3 is 8.85 Å². The van der Waals surface area contributed by atoms with Crippen molar-refractivity contribution in [3.8, 4) is 22.9 Å². The lowest BCUT2D eigenvalue weighted by atomic mass is 10.4. The Morgan fingerprint density at radius 3 is 1.19 bits per heavy atom. The Morgan fingerprint density at radius 1 is 0.581 bits per heavy atom. The molecule has 0 amide bonds. The van der Waals surface area contributed by atoms with Crippen LogP contribution in [0, 0.1) is 22.9 Å². The predicted octanol–water partition coefficient (Wildman–Crippen LogP) is 4.81. The number of hydrogen-bond acceptors (Lipinski definition) is 2. The van der Waals surface area contributed by atoms with E-state index in [-0.39, 0.29) is 12.2 Å². The number of benzene rings is 2. The lowest BCUT2D eigenvalue weighted by molar-refractivity contribution is 0.155. The summed E-state index contributed by atoms with van der Waals surface area (Å²) in [5, 5.41) is 2.15. The van der Waals surface area contributed by atoms with Gasteiger partial charge in [0, 0.05) is 0 Å². The Morgan fingerprint density at radius 2 is 0.903 bits per heavy atom. The molecule has 0 radical (unpaired) electrons. The van der Waals surface area contributed by atoms with Gasteiger partial charge in [0.05, 0.1) is 0 Å². The maximum Gasteiger partial charge on any atom is 0.409 e. The maximum atomic E-state index is 6.82. The molecule has 0 heterocycles. The first kappa shape index (κ1) is 25.4. The molecule has 31 heavy (non-hydrogen) atoms. The van der Waals surface area contributed by atoms with Gasteiger partial charge in [-0.2, -0.15) is 0 Å². The Kier molecular flexibility index (Phi) is 8.71. The van der Waals surface area contributed by atoms with E-state index < -0.39 is 24.7 Å². The van der Waals surface area contributed by atoms with Crippen LogP contribution in [0.4, 0.5) is 0 Å². The highest BCUT2D eigenvalue weighted by molar-refractivity contribution is 6.92. The topological polar surface area (TPSA) is 18.5 Å². The van der Waals surface area contributed by atoms with Crippen LogP contribution in [0.2, 0.25) is 39.3 Å². The minimum atomic E-state index is -3.04. The minimum absolute atomic E-state index is 0.240. The molecule has 5 heteroatoms. The van der Waals surface area contributed by atoms with Gasteiger partial charge >= 0.3 is 8.56 Å². The lowest BCUT2D eigenvalue weighted by Crippen LogP contribution is -2.65. The molecule has 0 aromatic heterocycles. The molecular weight excluding hydrogens is 429 g/mol. The normalized spacial score (nSPS) is 13.9. The molecule has 0 aliphatic carbocycles. The van der Waals surface area contributed by atoms with E-state index in [1.165, 1.54) is 0 Å². The van der Waals surface area contributed by atoms with Crippen molar-refractivity contribution in [2.45, 2.75) is 65.3 Å². The van der Waals surface area contributed by atoms with Gasteiger partial charge in [-0.25, -0.2) is 0 Å². The van der Waals surface area contributed by atoms with Crippen molar-refractivity contribution >= 4 is 35.1 Å². The summed E-state index contributed by atoms with van der Waals surface area (Å²) in [7, 11) is -6.05. The second-order valence-corrected chi connectivity index (χ2v) is 22.3. The average molecular weight is 465 g/mol. The van der Waals surface area contributed by atoms with Crippen LogP contribution in [-0.4, -0.2) is 36.9 Å². The van der Waals surface area contributed by atoms with Crippen molar-refractivity contribution < 1.29 is 8.85 Å². The zero-order chi connectivity index (χ0) is 23.1. The molecular formula is C26H36O2Si3. The van der Waals surface area contributed by atoms with Crippen molar-refractivity contribution in [1.82, 2.24) is 0 Å². The van der Waals surface area contributed by atoms with Crippen molar-refractivity contribution in [1.29, 1.82) is 0 Å². The van der Waals surface area contributed by atoms with E-state index in [1.807, 2.05) is 50.2 Å². The van der Waals surface area contributed by atoms with Crippen LogP contribution in [0.3, 0.4) is 0 Å². The van der Waals surface area contributed by atoms with E-state index in [9.17, 15) is 0 Å². The van der Waals surface area contributed by atoms with E-state index in [4.69, 9.17) is 8.85 Å². The first-order valence-electron chi connectivity index (χ1n) is 10.9. The monoisotopic (exact) mass is 464 g/mol. The summed E-state index contributed by atoms with van der Waals surface area (Å²) < 4.78 is 13.6. The summed E-state index contributed by atoms with van der Waals surface area (Å²) in [4.78, 5) is 0. The quantitative estimate of drug-likeness (QED) is 0.451. The first-order chi connectivity index (χ1) is 14.4. The summed E-state index contributed by atoms with van der Waals surface area (Å²) in [6.45, 7) is 17.5. The lowest BCUT2D eigenvalue weighted by Gasteiger charge is -2.34. The smallest absolute Gasteiger partial charge is 0.374 e. The molecule has 164 valence electrons. The Hall–Kier alpha value is -1.87. The van der Waals surface area contributed by atoms with Gasteiger partial charge in [0.1, 0.15) is 28.4 Å². The Balaban J connectivity index is 2.58. The molecule has 0 bridgehead atoms. The van der Waals surface area contributed by atoms with Crippen LogP contribution in [-0.2, 0) is 8.85 Å². The highest BCUT2D eigenvalue weighted by Crippen LogP contribution is 2.16. The van der Waals surface area contributed by atoms with Crippen LogP contribution in [0.1, 0.15) is 13.8 Å². The molecule has 0 spiro atoms. The van der Waals surface area contributed by atoms with Gasteiger partial charge in [0.2, 0.25) is 0 Å². The predicted molar refractivity (Wildman–Crippen MR) is 141 cm³/mol. The molecule has 0 aliphatic heterocycles. The van der Waals surface area contributed by atoms with Crippen LogP contribution >= 0.6 is 0 Å². The summed E-state index contributed by atoms with van der Waals surface area (Å²) in [5.41, 5.74) is 6.91. The molecule has 0 saturated heterocycles. The summed E-state index contributed by atoms with van der Waals surface area (Å²) in [6, 6.07) is 20.7. The van der Waals surface area contributed by atoms with Gasteiger partial charge in [0.25, 0.3) is 0 Å². The third kappa shape index (κ3) is 8.29. The second kappa shape index (κ2) is 10.6. The van der Waals surface area contributed by atoms with Crippen molar-refractivity contribution in [2.75, 3.05) is 0 Å². The second-order valence-electron chi connectivity index (χ2n) is 9.91. The largest absolute Gasteiger partial charge is 0.409 e. The molecule has 0 aliphatic rings. The summed E-state index contributed by atoms with van der Waals surface area (Å²) in [5.74, 6) is 6.72. The van der Waals surface area contributed by atoms with E-state index in [0.717, 1.165) is 10.4 Å². The van der Waals surface area contributed by atoms with Gasteiger partial charge in [-0.3, -0.25) is 0 Å². The fourth-order valence-corrected chi connectivity index (χ4v) is 7.56. The fourth-order valence-electron chi connectivity index (χ4n) is 2.97. The Bertz CT molecular complexity index is 871. The molecule has 2 aromatic rings. The minimum Gasteiger partial charge on any atom is -0.374 e. The molecule has 2 rings (SSSR count). The first-order valence-corrected chi connectivity index (χ1v) is 19.7.